The van der Waals surface area contributed by atoms with E-state index < -0.39 is 6.10 Å². The SMILES string of the molecule is CC(O)c1cn(CC2CCC3(CCCCC3)O2)nn1. The predicted molar refractivity (Wildman–Crippen MR) is 70.6 cm³/mol. The van der Waals surface area contributed by atoms with Gasteiger partial charge in [-0.1, -0.05) is 24.5 Å². The average molecular weight is 265 g/mol. The van der Waals surface area contributed by atoms with Gasteiger partial charge in [0, 0.05) is 0 Å². The van der Waals surface area contributed by atoms with Gasteiger partial charge in [0.1, 0.15) is 5.69 Å². The number of ether oxygens (including phenoxy) is 1. The Morgan fingerprint density at radius 1 is 1.42 bits per heavy atom. The maximum Gasteiger partial charge on any atom is 0.111 e. The minimum Gasteiger partial charge on any atom is -0.387 e. The van der Waals surface area contributed by atoms with Crippen LogP contribution in [0.5, 0.6) is 0 Å². The predicted octanol–water partition coefficient (Wildman–Crippen LogP) is 2.21. The van der Waals surface area contributed by atoms with Crippen LogP contribution in [0.2, 0.25) is 0 Å². The van der Waals surface area contributed by atoms with Crippen molar-refractivity contribution in [1.82, 2.24) is 15.0 Å². The van der Waals surface area contributed by atoms with Crippen molar-refractivity contribution in [2.75, 3.05) is 0 Å². The van der Waals surface area contributed by atoms with Crippen molar-refractivity contribution < 1.29 is 9.84 Å². The molecule has 1 aliphatic heterocycles. The lowest BCUT2D eigenvalue weighted by molar-refractivity contribution is -0.0689. The molecule has 106 valence electrons. The molecule has 1 aliphatic carbocycles. The summed E-state index contributed by atoms with van der Waals surface area (Å²) in [6.07, 6.45) is 10.2. The van der Waals surface area contributed by atoms with E-state index in [9.17, 15) is 5.11 Å². The molecule has 0 amide bonds. The first-order valence-corrected chi connectivity index (χ1v) is 7.43. The van der Waals surface area contributed by atoms with Crippen LogP contribution in [0, 0.1) is 0 Å². The minimum absolute atomic E-state index is 0.163. The standard InChI is InChI=1S/C14H23N3O2/c1-11(18)13-10-17(16-15-13)9-12-5-8-14(19-12)6-3-2-4-7-14/h10-12,18H,2-9H2,1H3. The fourth-order valence-electron chi connectivity index (χ4n) is 3.39. The molecule has 1 saturated heterocycles. The molecule has 0 aromatic carbocycles. The van der Waals surface area contributed by atoms with Crippen LogP contribution in [0.1, 0.15) is 63.7 Å². The first-order valence-electron chi connectivity index (χ1n) is 7.43. The first kappa shape index (κ1) is 13.1. The van der Waals surface area contributed by atoms with Crippen LogP contribution in [-0.2, 0) is 11.3 Å². The van der Waals surface area contributed by atoms with Crippen LogP contribution >= 0.6 is 0 Å². The van der Waals surface area contributed by atoms with E-state index in [1.165, 1.54) is 38.5 Å². The molecule has 5 heteroatoms. The van der Waals surface area contributed by atoms with Gasteiger partial charge < -0.3 is 9.84 Å². The summed E-state index contributed by atoms with van der Waals surface area (Å²) in [5.74, 6) is 0. The van der Waals surface area contributed by atoms with Crippen molar-refractivity contribution in [3.05, 3.63) is 11.9 Å². The van der Waals surface area contributed by atoms with Crippen LogP contribution in [0.3, 0.4) is 0 Å². The maximum atomic E-state index is 9.45. The van der Waals surface area contributed by atoms with Gasteiger partial charge in [-0.15, -0.1) is 5.10 Å². The summed E-state index contributed by atoms with van der Waals surface area (Å²) in [6.45, 7) is 2.46. The van der Waals surface area contributed by atoms with Crippen LogP contribution in [0.25, 0.3) is 0 Å². The third kappa shape index (κ3) is 2.82. The highest BCUT2D eigenvalue weighted by Gasteiger charge is 2.40. The number of aromatic nitrogens is 3. The number of aliphatic hydroxyl groups is 1. The normalized spacial score (nSPS) is 27.8. The number of aliphatic hydroxyl groups excluding tert-OH is 1. The zero-order chi connectivity index (χ0) is 13.3. The Kier molecular flexibility index (Phi) is 3.58. The van der Waals surface area contributed by atoms with E-state index in [-0.39, 0.29) is 11.7 Å². The molecule has 1 aromatic heterocycles. The molecule has 1 saturated carbocycles. The highest BCUT2D eigenvalue weighted by atomic mass is 16.5. The zero-order valence-electron chi connectivity index (χ0n) is 11.6. The maximum absolute atomic E-state index is 9.45. The molecular weight excluding hydrogens is 242 g/mol. The van der Waals surface area contributed by atoms with Crippen LogP contribution in [-0.4, -0.2) is 31.8 Å². The quantitative estimate of drug-likeness (QED) is 0.910. The zero-order valence-corrected chi connectivity index (χ0v) is 11.6. The van der Waals surface area contributed by atoms with E-state index in [0.717, 1.165) is 13.0 Å². The molecule has 2 heterocycles. The summed E-state index contributed by atoms with van der Waals surface area (Å²) in [5, 5.41) is 17.5. The molecule has 1 spiro atoms. The minimum atomic E-state index is -0.553. The number of hydrogen-bond acceptors (Lipinski definition) is 4. The van der Waals surface area contributed by atoms with Gasteiger partial charge in [-0.3, -0.25) is 0 Å². The molecular formula is C14H23N3O2. The van der Waals surface area contributed by atoms with Gasteiger partial charge in [0.25, 0.3) is 0 Å². The summed E-state index contributed by atoms with van der Waals surface area (Å²) in [7, 11) is 0. The Morgan fingerprint density at radius 3 is 2.89 bits per heavy atom. The highest BCUT2D eigenvalue weighted by Crippen LogP contribution is 2.42. The molecule has 2 atom stereocenters. The Morgan fingerprint density at radius 2 is 2.21 bits per heavy atom. The number of rotatable bonds is 3. The average Bonchev–Trinajstić information content (AvgIpc) is 2.99. The first-order chi connectivity index (χ1) is 9.17. The summed E-state index contributed by atoms with van der Waals surface area (Å²) in [4.78, 5) is 0. The van der Waals surface area contributed by atoms with E-state index >= 15 is 0 Å². The molecule has 0 radical (unpaired) electrons. The molecule has 3 rings (SSSR count). The van der Waals surface area contributed by atoms with E-state index in [2.05, 4.69) is 10.3 Å². The van der Waals surface area contributed by atoms with Gasteiger partial charge in [-0.25, -0.2) is 4.68 Å². The topological polar surface area (TPSA) is 60.2 Å². The van der Waals surface area contributed by atoms with Crippen LogP contribution in [0.15, 0.2) is 6.20 Å². The summed E-state index contributed by atoms with van der Waals surface area (Å²) >= 11 is 0. The van der Waals surface area contributed by atoms with Gasteiger partial charge in [0.2, 0.25) is 0 Å². The number of hydrogen-bond donors (Lipinski definition) is 1. The number of nitrogens with zero attached hydrogens (tertiary/aromatic N) is 3. The molecule has 1 N–H and O–H groups in total. The monoisotopic (exact) mass is 265 g/mol. The Bertz CT molecular complexity index is 424. The molecule has 5 nitrogen and oxygen atoms in total. The summed E-state index contributed by atoms with van der Waals surface area (Å²) in [5.41, 5.74) is 0.793. The van der Waals surface area contributed by atoms with Crippen molar-refractivity contribution in [3.63, 3.8) is 0 Å². The third-order valence-electron chi connectivity index (χ3n) is 4.48. The largest absolute Gasteiger partial charge is 0.387 e. The van der Waals surface area contributed by atoms with Gasteiger partial charge in [-0.05, 0) is 32.6 Å². The molecule has 2 aliphatic rings. The van der Waals surface area contributed by atoms with Crippen molar-refractivity contribution in [2.24, 2.45) is 0 Å². The molecule has 0 bridgehead atoms. The molecule has 2 unspecified atom stereocenters. The van der Waals surface area contributed by atoms with Crippen LogP contribution < -0.4 is 0 Å². The molecule has 19 heavy (non-hydrogen) atoms. The van der Waals surface area contributed by atoms with Crippen LogP contribution in [0.4, 0.5) is 0 Å². The molecule has 1 aromatic rings. The van der Waals surface area contributed by atoms with E-state index in [0.29, 0.717) is 5.69 Å². The Balaban J connectivity index is 1.58. The van der Waals surface area contributed by atoms with E-state index in [4.69, 9.17) is 4.74 Å². The van der Waals surface area contributed by atoms with E-state index in [1.54, 1.807) is 11.6 Å². The fraction of sp³-hybridized carbons (Fsp3) is 0.857. The Hall–Kier alpha value is -0.940. The van der Waals surface area contributed by atoms with Gasteiger partial charge in [0.05, 0.1) is 30.6 Å². The fourth-order valence-corrected chi connectivity index (χ4v) is 3.39. The summed E-state index contributed by atoms with van der Waals surface area (Å²) < 4.78 is 8.11. The van der Waals surface area contributed by atoms with Crippen molar-refractivity contribution >= 4 is 0 Å². The summed E-state index contributed by atoms with van der Waals surface area (Å²) in [6, 6.07) is 0. The van der Waals surface area contributed by atoms with Gasteiger partial charge in [-0.2, -0.15) is 0 Å². The lowest BCUT2D eigenvalue weighted by atomic mass is 9.83. The molecule has 2 fully saturated rings. The smallest absolute Gasteiger partial charge is 0.111 e. The third-order valence-corrected chi connectivity index (χ3v) is 4.48. The second-order valence-electron chi connectivity index (χ2n) is 6.06. The second-order valence-corrected chi connectivity index (χ2v) is 6.06. The lowest BCUT2D eigenvalue weighted by Crippen LogP contribution is -2.32. The van der Waals surface area contributed by atoms with Crippen molar-refractivity contribution in [2.45, 2.75) is 76.2 Å². The Labute approximate surface area is 114 Å². The van der Waals surface area contributed by atoms with Crippen molar-refractivity contribution in [3.8, 4) is 0 Å². The van der Waals surface area contributed by atoms with E-state index in [1.807, 2.05) is 6.20 Å². The van der Waals surface area contributed by atoms with Gasteiger partial charge in [0.15, 0.2) is 0 Å². The second kappa shape index (κ2) is 5.21. The van der Waals surface area contributed by atoms with Gasteiger partial charge >= 0.3 is 0 Å². The van der Waals surface area contributed by atoms with Crippen molar-refractivity contribution in [1.29, 1.82) is 0 Å². The lowest BCUT2D eigenvalue weighted by Gasteiger charge is -2.33. The highest BCUT2D eigenvalue weighted by molar-refractivity contribution is 4.96.